The van der Waals surface area contributed by atoms with Gasteiger partial charge in [0, 0.05) is 13.0 Å². The molecule has 220 valence electrons. The maximum Gasteiger partial charge on any atom is 0.246 e. The zero-order valence-corrected chi connectivity index (χ0v) is 25.3. The number of hydrogen-bond acceptors (Lipinski definition) is 8. The molecule has 0 radical (unpaired) electrons. The van der Waals surface area contributed by atoms with Gasteiger partial charge in [0.25, 0.3) is 0 Å². The molecule has 1 aliphatic heterocycles. The highest BCUT2D eigenvalue weighted by Gasteiger charge is 2.44. The third-order valence-corrected chi connectivity index (χ3v) is 8.20. The Bertz CT molecular complexity index is 1160. The van der Waals surface area contributed by atoms with Gasteiger partial charge in [-0.3, -0.25) is 19.3 Å². The summed E-state index contributed by atoms with van der Waals surface area (Å²) in [5, 5.41) is 16.3. The van der Waals surface area contributed by atoms with Crippen LogP contribution in [0.3, 0.4) is 0 Å². The fourth-order valence-corrected chi connectivity index (χ4v) is 5.72. The van der Waals surface area contributed by atoms with Crippen LogP contribution >= 0.6 is 11.3 Å². The minimum absolute atomic E-state index is 0.0348. The Morgan fingerprint density at radius 2 is 1.90 bits per heavy atom. The van der Waals surface area contributed by atoms with Crippen molar-refractivity contribution in [2.24, 2.45) is 11.1 Å². The summed E-state index contributed by atoms with van der Waals surface area (Å²) in [6.07, 6.45) is 0.0820. The van der Waals surface area contributed by atoms with Crippen LogP contribution in [0.1, 0.15) is 57.8 Å². The summed E-state index contributed by atoms with van der Waals surface area (Å²) < 4.78 is 0. The molecule has 10 nitrogen and oxygen atoms in total. The number of nitrogens with two attached hydrogens (primary N) is 1. The van der Waals surface area contributed by atoms with Crippen LogP contribution in [0.15, 0.2) is 29.8 Å². The van der Waals surface area contributed by atoms with Gasteiger partial charge in [-0.25, -0.2) is 4.98 Å². The molecule has 2 aromatic rings. The molecule has 3 rings (SSSR count). The van der Waals surface area contributed by atoms with E-state index in [0.29, 0.717) is 13.1 Å². The van der Waals surface area contributed by atoms with Crippen LogP contribution in [0.25, 0.3) is 10.4 Å². The number of carbonyl (C=O) groups is 3. The number of aliphatic hydroxyl groups excluding tert-OH is 1. The van der Waals surface area contributed by atoms with E-state index in [9.17, 15) is 19.5 Å². The van der Waals surface area contributed by atoms with E-state index in [2.05, 4.69) is 15.6 Å². The second-order valence-electron chi connectivity index (χ2n) is 11.8. The monoisotopic (exact) mass is 572 g/mol. The van der Waals surface area contributed by atoms with Gasteiger partial charge in [-0.15, -0.1) is 11.3 Å². The SMILES string of the molecule is Cc1ncsc1-c1ccc([C@H](C)NC(=O)C2C[C@@H](O)CN2C(=O)C(NC(=O)CN(C)CCCN)C(C)(C)C)cc1. The molecule has 2 unspecified atom stereocenters. The van der Waals surface area contributed by atoms with Crippen LogP contribution in [0, 0.1) is 12.3 Å². The van der Waals surface area contributed by atoms with E-state index in [-0.39, 0.29) is 43.3 Å². The number of thiazole rings is 1. The molecular weight excluding hydrogens is 528 g/mol. The van der Waals surface area contributed by atoms with Crippen molar-refractivity contribution >= 4 is 29.1 Å². The molecule has 1 aromatic carbocycles. The molecule has 3 amide bonds. The molecule has 4 atom stereocenters. The van der Waals surface area contributed by atoms with Crippen LogP contribution in [-0.4, -0.2) is 89.0 Å². The lowest BCUT2D eigenvalue weighted by atomic mass is 9.85. The lowest BCUT2D eigenvalue weighted by Gasteiger charge is -2.36. The number of likely N-dealkylation sites (tertiary alicyclic amines) is 1. The number of aromatic nitrogens is 1. The molecule has 1 aromatic heterocycles. The largest absolute Gasteiger partial charge is 0.391 e. The number of carbonyl (C=O) groups excluding carboxylic acids is 3. The number of aryl methyl sites for hydroxylation is 1. The minimum atomic E-state index is -0.858. The van der Waals surface area contributed by atoms with E-state index < -0.39 is 23.6 Å². The van der Waals surface area contributed by atoms with E-state index in [1.807, 2.05) is 76.3 Å². The van der Waals surface area contributed by atoms with Crippen LogP contribution in [-0.2, 0) is 14.4 Å². The van der Waals surface area contributed by atoms with Crippen molar-refractivity contribution in [3.05, 3.63) is 41.0 Å². The zero-order chi connectivity index (χ0) is 29.6. The average molecular weight is 573 g/mol. The van der Waals surface area contributed by atoms with Crippen molar-refractivity contribution < 1.29 is 19.5 Å². The van der Waals surface area contributed by atoms with Gasteiger partial charge in [-0.1, -0.05) is 45.0 Å². The number of β-amino-alcohol motifs (C(OH)–C–C–N with tert-alkyl or cyclic N) is 1. The van der Waals surface area contributed by atoms with Crippen molar-refractivity contribution in [2.75, 3.05) is 33.2 Å². The Morgan fingerprint density at radius 3 is 2.48 bits per heavy atom. The van der Waals surface area contributed by atoms with Gasteiger partial charge in [-0.05, 0) is 56.9 Å². The van der Waals surface area contributed by atoms with Crippen LogP contribution in [0.2, 0.25) is 0 Å². The van der Waals surface area contributed by atoms with Gasteiger partial charge in [0.2, 0.25) is 17.7 Å². The van der Waals surface area contributed by atoms with Gasteiger partial charge in [-0.2, -0.15) is 0 Å². The first kappa shape index (κ1) is 31.7. The second-order valence-corrected chi connectivity index (χ2v) is 12.6. The predicted octanol–water partition coefficient (Wildman–Crippen LogP) is 2.07. The predicted molar refractivity (Wildman–Crippen MR) is 158 cm³/mol. The Balaban J connectivity index is 1.69. The molecular formula is C29H44N6O4S. The van der Waals surface area contributed by atoms with Gasteiger partial charge in [0.05, 0.1) is 34.8 Å². The van der Waals surface area contributed by atoms with E-state index >= 15 is 0 Å². The van der Waals surface area contributed by atoms with Crippen molar-refractivity contribution in [1.29, 1.82) is 0 Å². The number of likely N-dealkylation sites (N-methyl/N-ethyl adjacent to an activating group) is 1. The molecule has 40 heavy (non-hydrogen) atoms. The van der Waals surface area contributed by atoms with Crippen LogP contribution < -0.4 is 16.4 Å². The standard InChI is InChI=1S/C29H44N6O4S/c1-18(20-8-10-21(11-9-20)25-19(2)31-17-40-25)32-27(38)23-14-22(36)15-35(23)28(39)26(29(3,4)5)33-24(37)16-34(6)13-7-12-30/h8-11,17-18,22-23,26,36H,7,12-16,30H2,1-6H3,(H,32,38)(H,33,37)/t18-,22+,23?,26?/m0/s1. The Hall–Kier alpha value is -2.86. The number of nitrogens with zero attached hydrogens (tertiary/aromatic N) is 3. The molecule has 1 aliphatic rings. The summed E-state index contributed by atoms with van der Waals surface area (Å²) in [6.45, 7) is 10.8. The molecule has 11 heteroatoms. The number of rotatable bonds is 11. The first-order chi connectivity index (χ1) is 18.8. The van der Waals surface area contributed by atoms with Gasteiger partial charge in [0.15, 0.2) is 0 Å². The van der Waals surface area contributed by atoms with Crippen molar-refractivity contribution in [2.45, 2.75) is 71.7 Å². The molecule has 5 N–H and O–H groups in total. The van der Waals surface area contributed by atoms with Crippen molar-refractivity contribution in [3.8, 4) is 10.4 Å². The first-order valence-corrected chi connectivity index (χ1v) is 14.7. The fraction of sp³-hybridized carbons (Fsp3) is 0.586. The Morgan fingerprint density at radius 1 is 1.23 bits per heavy atom. The lowest BCUT2D eigenvalue weighted by Crippen LogP contribution is -2.58. The number of hydrogen-bond donors (Lipinski definition) is 4. The molecule has 0 saturated carbocycles. The number of nitrogens with one attached hydrogen (secondary N) is 2. The maximum absolute atomic E-state index is 13.8. The molecule has 0 aliphatic carbocycles. The number of aliphatic hydroxyl groups is 1. The highest BCUT2D eigenvalue weighted by molar-refractivity contribution is 7.13. The summed E-state index contributed by atoms with van der Waals surface area (Å²) in [5.74, 6) is -0.987. The van der Waals surface area contributed by atoms with Crippen molar-refractivity contribution in [3.63, 3.8) is 0 Å². The summed E-state index contributed by atoms with van der Waals surface area (Å²) in [5.41, 5.74) is 9.75. The Labute approximate surface area is 241 Å². The van der Waals surface area contributed by atoms with Crippen LogP contribution in [0.4, 0.5) is 0 Å². The molecule has 1 fully saturated rings. The second kappa shape index (κ2) is 13.7. The smallest absolute Gasteiger partial charge is 0.246 e. The van der Waals surface area contributed by atoms with Gasteiger partial charge < -0.3 is 26.4 Å². The quantitative estimate of drug-likeness (QED) is 0.323. The van der Waals surface area contributed by atoms with E-state index in [4.69, 9.17) is 5.73 Å². The van der Waals surface area contributed by atoms with Crippen LogP contribution in [0.5, 0.6) is 0 Å². The fourth-order valence-electron chi connectivity index (χ4n) is 4.91. The van der Waals surface area contributed by atoms with Crippen molar-refractivity contribution in [1.82, 2.24) is 25.4 Å². The van der Waals surface area contributed by atoms with Gasteiger partial charge in [0.1, 0.15) is 12.1 Å². The molecule has 2 heterocycles. The molecule has 1 saturated heterocycles. The summed E-state index contributed by atoms with van der Waals surface area (Å²) >= 11 is 1.59. The third-order valence-electron chi connectivity index (χ3n) is 7.22. The first-order valence-electron chi connectivity index (χ1n) is 13.8. The summed E-state index contributed by atoms with van der Waals surface area (Å²) in [4.78, 5) is 48.7. The lowest BCUT2D eigenvalue weighted by molar-refractivity contribution is -0.144. The summed E-state index contributed by atoms with van der Waals surface area (Å²) in [7, 11) is 1.83. The van der Waals surface area contributed by atoms with Gasteiger partial charge >= 0.3 is 0 Å². The molecule has 0 bridgehead atoms. The number of benzene rings is 1. The summed E-state index contributed by atoms with van der Waals surface area (Å²) in [6, 6.07) is 5.97. The van der Waals surface area contributed by atoms with E-state index in [0.717, 1.165) is 28.1 Å². The minimum Gasteiger partial charge on any atom is -0.391 e. The zero-order valence-electron chi connectivity index (χ0n) is 24.4. The normalized spacial score (nSPS) is 19.0. The Kier molecular flexibility index (Phi) is 10.8. The highest BCUT2D eigenvalue weighted by atomic mass is 32.1. The third kappa shape index (κ3) is 8.09. The highest BCUT2D eigenvalue weighted by Crippen LogP contribution is 2.29. The molecule has 0 spiro atoms. The number of amides is 3. The topological polar surface area (TPSA) is 141 Å². The average Bonchev–Trinajstić information content (AvgIpc) is 3.50. The van der Waals surface area contributed by atoms with E-state index in [1.165, 1.54) is 4.90 Å². The maximum atomic E-state index is 13.8. The van der Waals surface area contributed by atoms with E-state index in [1.54, 1.807) is 11.3 Å².